The SMILES string of the molecule is Cc1ccc(CCc2cc3cn([C@H]4C[C@H](O)[C@@H](CO)O4)c(=O)nc3o2)cc1. The maximum atomic E-state index is 12.3. The molecule has 1 aromatic carbocycles. The number of benzene rings is 1. The zero-order valence-corrected chi connectivity index (χ0v) is 15.0. The molecule has 0 saturated carbocycles. The van der Waals surface area contributed by atoms with Gasteiger partial charge in [-0.1, -0.05) is 29.8 Å². The number of furan rings is 1. The average molecular weight is 370 g/mol. The molecule has 0 spiro atoms. The summed E-state index contributed by atoms with van der Waals surface area (Å²) in [7, 11) is 0. The van der Waals surface area contributed by atoms with Gasteiger partial charge in [-0.2, -0.15) is 4.98 Å². The van der Waals surface area contributed by atoms with Gasteiger partial charge in [0.15, 0.2) is 0 Å². The number of aryl methyl sites for hydroxylation is 3. The highest BCUT2D eigenvalue weighted by molar-refractivity contribution is 5.72. The van der Waals surface area contributed by atoms with Crippen molar-refractivity contribution >= 4 is 11.1 Å². The molecule has 2 N–H and O–H groups in total. The van der Waals surface area contributed by atoms with Crippen molar-refractivity contribution < 1.29 is 19.4 Å². The number of hydrogen-bond acceptors (Lipinski definition) is 6. The first kappa shape index (κ1) is 17.9. The van der Waals surface area contributed by atoms with E-state index in [0.29, 0.717) is 17.5 Å². The Morgan fingerprint density at radius 2 is 2.04 bits per heavy atom. The van der Waals surface area contributed by atoms with Crippen molar-refractivity contribution in [2.24, 2.45) is 0 Å². The van der Waals surface area contributed by atoms with E-state index in [1.807, 2.05) is 6.07 Å². The Morgan fingerprint density at radius 1 is 1.26 bits per heavy atom. The molecule has 27 heavy (non-hydrogen) atoms. The minimum atomic E-state index is -0.808. The van der Waals surface area contributed by atoms with Crippen LogP contribution in [0.15, 0.2) is 45.7 Å². The van der Waals surface area contributed by atoms with Gasteiger partial charge in [-0.25, -0.2) is 4.79 Å². The lowest BCUT2D eigenvalue weighted by atomic mass is 10.1. The predicted octanol–water partition coefficient (Wildman–Crippen LogP) is 1.72. The largest absolute Gasteiger partial charge is 0.443 e. The van der Waals surface area contributed by atoms with Crippen LogP contribution in [0.3, 0.4) is 0 Å². The number of aliphatic hydroxyl groups excluding tert-OH is 2. The van der Waals surface area contributed by atoms with Crippen LogP contribution < -0.4 is 5.69 Å². The van der Waals surface area contributed by atoms with Crippen molar-refractivity contribution in [3.8, 4) is 0 Å². The van der Waals surface area contributed by atoms with Crippen molar-refractivity contribution in [2.75, 3.05) is 6.61 Å². The maximum Gasteiger partial charge on any atom is 0.353 e. The van der Waals surface area contributed by atoms with E-state index in [1.165, 1.54) is 15.7 Å². The first-order chi connectivity index (χ1) is 13.0. The van der Waals surface area contributed by atoms with Crippen LogP contribution in [0.4, 0.5) is 0 Å². The van der Waals surface area contributed by atoms with Crippen LogP contribution in [0.2, 0.25) is 0 Å². The Bertz CT molecular complexity index is 992. The first-order valence-corrected chi connectivity index (χ1v) is 9.05. The fourth-order valence-electron chi connectivity index (χ4n) is 3.38. The van der Waals surface area contributed by atoms with Gasteiger partial charge in [0.1, 0.15) is 18.1 Å². The molecule has 4 rings (SSSR count). The molecule has 3 aromatic rings. The van der Waals surface area contributed by atoms with E-state index in [0.717, 1.165) is 12.2 Å². The van der Waals surface area contributed by atoms with Gasteiger partial charge in [0, 0.05) is 19.0 Å². The number of ether oxygens (including phenoxy) is 1. The molecule has 0 aliphatic carbocycles. The highest BCUT2D eigenvalue weighted by Crippen LogP contribution is 2.28. The summed E-state index contributed by atoms with van der Waals surface area (Å²) in [5, 5.41) is 19.8. The monoisotopic (exact) mass is 370 g/mol. The molecule has 7 nitrogen and oxygen atoms in total. The Kier molecular flexibility index (Phi) is 4.82. The van der Waals surface area contributed by atoms with E-state index >= 15 is 0 Å². The Labute approximate surface area is 155 Å². The van der Waals surface area contributed by atoms with Crippen LogP contribution in [-0.4, -0.2) is 38.6 Å². The van der Waals surface area contributed by atoms with Gasteiger partial charge in [-0.3, -0.25) is 4.57 Å². The molecular formula is C20H22N2O5. The lowest BCUT2D eigenvalue weighted by molar-refractivity contribution is -0.0457. The van der Waals surface area contributed by atoms with Crippen molar-refractivity contribution in [1.29, 1.82) is 0 Å². The van der Waals surface area contributed by atoms with Crippen molar-refractivity contribution in [3.05, 3.63) is 63.9 Å². The standard InChI is InChI=1S/C20H22N2O5/c1-12-2-4-13(5-3-12)6-7-15-8-14-10-22(20(25)21-19(14)26-15)18-9-16(24)17(11-23)27-18/h2-5,8,10,16-18,23-24H,6-7,9,11H2,1H3/t16-,17+,18+/m0/s1. The summed E-state index contributed by atoms with van der Waals surface area (Å²) in [5.74, 6) is 0.760. The number of rotatable bonds is 5. The summed E-state index contributed by atoms with van der Waals surface area (Å²) >= 11 is 0. The molecule has 0 radical (unpaired) electrons. The molecule has 3 heterocycles. The summed E-state index contributed by atoms with van der Waals surface area (Å²) in [6, 6.07) is 10.2. The summed E-state index contributed by atoms with van der Waals surface area (Å²) < 4.78 is 12.6. The summed E-state index contributed by atoms with van der Waals surface area (Å²) in [6.07, 6.45) is 1.27. The van der Waals surface area contributed by atoms with Crippen molar-refractivity contribution in [2.45, 2.75) is 44.6 Å². The molecule has 142 valence electrons. The lowest BCUT2D eigenvalue weighted by Crippen LogP contribution is -2.27. The van der Waals surface area contributed by atoms with Gasteiger partial charge in [-0.05, 0) is 25.0 Å². The van der Waals surface area contributed by atoms with Gasteiger partial charge in [0.05, 0.1) is 18.1 Å². The first-order valence-electron chi connectivity index (χ1n) is 9.05. The fourth-order valence-corrected chi connectivity index (χ4v) is 3.38. The van der Waals surface area contributed by atoms with Gasteiger partial charge in [0.2, 0.25) is 5.71 Å². The topological polar surface area (TPSA) is 97.7 Å². The molecule has 1 fully saturated rings. The third-order valence-electron chi connectivity index (χ3n) is 4.96. The Balaban J connectivity index is 1.54. The van der Waals surface area contributed by atoms with Crippen molar-refractivity contribution in [3.63, 3.8) is 0 Å². The molecule has 3 atom stereocenters. The highest BCUT2D eigenvalue weighted by atomic mass is 16.5. The molecule has 2 aromatic heterocycles. The molecule has 1 saturated heterocycles. The summed E-state index contributed by atoms with van der Waals surface area (Å²) in [5.41, 5.74) is 2.24. The lowest BCUT2D eigenvalue weighted by Gasteiger charge is -2.13. The van der Waals surface area contributed by atoms with E-state index in [2.05, 4.69) is 36.2 Å². The van der Waals surface area contributed by atoms with Crippen LogP contribution in [0, 0.1) is 6.92 Å². The minimum absolute atomic E-state index is 0.233. The third-order valence-corrected chi connectivity index (χ3v) is 4.96. The van der Waals surface area contributed by atoms with Gasteiger partial charge >= 0.3 is 5.69 Å². The molecular weight excluding hydrogens is 348 g/mol. The van der Waals surface area contributed by atoms with E-state index in [4.69, 9.17) is 9.15 Å². The Morgan fingerprint density at radius 3 is 2.74 bits per heavy atom. The zero-order valence-electron chi connectivity index (χ0n) is 15.0. The molecule has 0 amide bonds. The predicted molar refractivity (Wildman–Crippen MR) is 98.5 cm³/mol. The van der Waals surface area contributed by atoms with E-state index in [1.54, 1.807) is 6.20 Å². The summed E-state index contributed by atoms with van der Waals surface area (Å²) in [4.78, 5) is 16.3. The molecule has 1 aliphatic heterocycles. The fraction of sp³-hybridized carbons (Fsp3) is 0.400. The summed E-state index contributed by atoms with van der Waals surface area (Å²) in [6.45, 7) is 1.76. The van der Waals surface area contributed by atoms with E-state index in [-0.39, 0.29) is 13.0 Å². The third kappa shape index (κ3) is 3.66. The number of fused-ring (bicyclic) bond motifs is 1. The molecule has 0 unspecified atom stereocenters. The van der Waals surface area contributed by atoms with Crippen LogP contribution >= 0.6 is 0 Å². The number of hydrogen-bond donors (Lipinski definition) is 2. The minimum Gasteiger partial charge on any atom is -0.443 e. The molecule has 0 bridgehead atoms. The molecule has 1 aliphatic rings. The number of nitrogens with zero attached hydrogens (tertiary/aromatic N) is 2. The van der Waals surface area contributed by atoms with E-state index < -0.39 is 24.1 Å². The second-order valence-corrected chi connectivity index (χ2v) is 7.00. The number of aliphatic hydroxyl groups is 2. The number of aromatic nitrogens is 2. The smallest absolute Gasteiger partial charge is 0.353 e. The average Bonchev–Trinajstić information content (AvgIpc) is 3.22. The van der Waals surface area contributed by atoms with Crippen LogP contribution in [0.25, 0.3) is 11.1 Å². The second-order valence-electron chi connectivity index (χ2n) is 7.00. The maximum absolute atomic E-state index is 12.3. The van der Waals surface area contributed by atoms with Gasteiger partial charge in [-0.15, -0.1) is 0 Å². The second kappa shape index (κ2) is 7.26. The van der Waals surface area contributed by atoms with Gasteiger partial charge < -0.3 is 19.4 Å². The quantitative estimate of drug-likeness (QED) is 0.710. The molecule has 7 heteroatoms. The van der Waals surface area contributed by atoms with Crippen molar-refractivity contribution in [1.82, 2.24) is 9.55 Å². The zero-order chi connectivity index (χ0) is 19.0. The van der Waals surface area contributed by atoms with E-state index in [9.17, 15) is 15.0 Å². The normalized spacial score (nSPS) is 22.6. The Hall–Kier alpha value is -2.48. The van der Waals surface area contributed by atoms with Crippen LogP contribution in [0.5, 0.6) is 0 Å². The van der Waals surface area contributed by atoms with Crippen LogP contribution in [-0.2, 0) is 17.6 Å². The van der Waals surface area contributed by atoms with Gasteiger partial charge in [0.25, 0.3) is 0 Å². The highest BCUT2D eigenvalue weighted by Gasteiger charge is 2.35. The van der Waals surface area contributed by atoms with Crippen LogP contribution in [0.1, 0.15) is 29.5 Å².